The number of nitrogen functional groups attached to an aromatic ring is 1. The van der Waals surface area contributed by atoms with Gasteiger partial charge in [-0.15, -0.1) is 0 Å². The minimum atomic E-state index is -4.90. The van der Waals surface area contributed by atoms with E-state index in [-0.39, 0.29) is 46.0 Å². The van der Waals surface area contributed by atoms with Gasteiger partial charge in [-0.3, -0.25) is 4.55 Å². The van der Waals surface area contributed by atoms with Crippen LogP contribution in [0.3, 0.4) is 0 Å². The van der Waals surface area contributed by atoms with Crippen LogP contribution in [-0.4, -0.2) is 25.9 Å². The van der Waals surface area contributed by atoms with Crippen molar-refractivity contribution >= 4 is 48.1 Å². The number of hydrogen-bond donors (Lipinski definition) is 2. The smallest absolute Gasteiger partial charge is 0.744 e. The second kappa shape index (κ2) is 8.48. The Bertz CT molecular complexity index is 1340. The van der Waals surface area contributed by atoms with Crippen molar-refractivity contribution in [3.63, 3.8) is 0 Å². The summed E-state index contributed by atoms with van der Waals surface area (Å²) in [5.74, 6) is 0. The van der Waals surface area contributed by atoms with Crippen LogP contribution in [0.5, 0.6) is 0 Å². The summed E-state index contributed by atoms with van der Waals surface area (Å²) in [7, 11) is -9.63. The Hall–Kier alpha value is -1.86. The Labute approximate surface area is 189 Å². The number of aryl methyl sites for hydroxylation is 1. The number of rotatable bonds is 4. The molecule has 0 bridgehead atoms. The van der Waals surface area contributed by atoms with Crippen molar-refractivity contribution in [2.45, 2.75) is 16.7 Å². The van der Waals surface area contributed by atoms with Gasteiger partial charge in [-0.2, -0.15) is 18.6 Å². The molecule has 12 heteroatoms. The summed E-state index contributed by atoms with van der Waals surface area (Å²) in [6.45, 7) is 1.75. The molecule has 0 unspecified atom stereocenters. The maximum absolute atomic E-state index is 11.8. The number of nitrogens with zero attached hydrogens (tertiary/aromatic N) is 2. The first-order valence-corrected chi connectivity index (χ1v) is 10.6. The van der Waals surface area contributed by atoms with Crippen molar-refractivity contribution in [2.75, 3.05) is 5.73 Å². The van der Waals surface area contributed by atoms with Gasteiger partial charge in [-0.25, -0.2) is 8.42 Å². The maximum atomic E-state index is 11.8. The Kier molecular flexibility index (Phi) is 6.85. The predicted molar refractivity (Wildman–Crippen MR) is 101 cm³/mol. The van der Waals surface area contributed by atoms with Crippen LogP contribution in [0, 0.1) is 6.92 Å². The van der Waals surface area contributed by atoms with E-state index >= 15 is 0 Å². The zero-order valence-electron chi connectivity index (χ0n) is 15.4. The van der Waals surface area contributed by atoms with Gasteiger partial charge in [0.2, 0.25) is 0 Å². The van der Waals surface area contributed by atoms with E-state index < -0.39 is 30.0 Å². The third kappa shape index (κ3) is 5.20. The number of azo groups is 1. The molecule has 0 radical (unpaired) electrons. The van der Waals surface area contributed by atoms with Crippen molar-refractivity contribution in [3.8, 4) is 0 Å². The fourth-order valence-corrected chi connectivity index (χ4v) is 4.11. The van der Waals surface area contributed by atoms with Crippen molar-refractivity contribution < 1.29 is 55.5 Å². The summed E-state index contributed by atoms with van der Waals surface area (Å²) < 4.78 is 67.7. The molecular weight excluding hydrogens is 429 g/mol. The van der Waals surface area contributed by atoms with Gasteiger partial charge in [-0.05, 0) is 48.9 Å². The average Bonchev–Trinajstić information content (AvgIpc) is 2.58. The van der Waals surface area contributed by atoms with E-state index in [1.54, 1.807) is 25.1 Å². The first-order valence-electron chi connectivity index (χ1n) is 7.75. The molecule has 0 aliphatic carbocycles. The topological polar surface area (TPSA) is 162 Å². The fourth-order valence-electron chi connectivity index (χ4n) is 2.70. The average molecular weight is 443 g/mol. The molecule has 3 aromatic carbocycles. The first-order chi connectivity index (χ1) is 13.0. The van der Waals surface area contributed by atoms with Gasteiger partial charge in [0.25, 0.3) is 10.1 Å². The largest absolute Gasteiger partial charge is 1.00 e. The Morgan fingerprint density at radius 2 is 1.62 bits per heavy atom. The van der Waals surface area contributed by atoms with Crippen molar-refractivity contribution in [3.05, 3.63) is 54.1 Å². The molecule has 3 N–H and O–H groups in total. The van der Waals surface area contributed by atoms with E-state index in [0.717, 1.165) is 12.1 Å². The van der Waals surface area contributed by atoms with E-state index in [1.807, 2.05) is 0 Å². The Morgan fingerprint density at radius 3 is 2.21 bits per heavy atom. The van der Waals surface area contributed by atoms with Gasteiger partial charge < -0.3 is 10.3 Å². The zero-order chi connectivity index (χ0) is 20.7. The molecule has 3 rings (SSSR count). The first kappa shape index (κ1) is 23.4. The summed E-state index contributed by atoms with van der Waals surface area (Å²) >= 11 is 0. The van der Waals surface area contributed by atoms with Gasteiger partial charge in [0.15, 0.2) is 0 Å². The van der Waals surface area contributed by atoms with Crippen LogP contribution in [0.15, 0.2) is 68.6 Å². The fraction of sp³-hybridized carbons (Fsp3) is 0.0588. The van der Waals surface area contributed by atoms with Gasteiger partial charge in [0.05, 0.1) is 16.3 Å². The summed E-state index contributed by atoms with van der Waals surface area (Å²) in [6.07, 6.45) is 0. The summed E-state index contributed by atoms with van der Waals surface area (Å²) in [4.78, 5) is -1.21. The summed E-state index contributed by atoms with van der Waals surface area (Å²) in [5.41, 5.74) is 7.30. The Balaban J connectivity index is 0.00000300. The number of anilines is 1. The van der Waals surface area contributed by atoms with Crippen LogP contribution in [0.2, 0.25) is 0 Å². The number of hydrogen-bond acceptors (Lipinski definition) is 8. The van der Waals surface area contributed by atoms with Crippen LogP contribution in [0.1, 0.15) is 5.56 Å². The van der Waals surface area contributed by atoms with Gasteiger partial charge in [0.1, 0.15) is 15.0 Å². The minimum Gasteiger partial charge on any atom is -0.744 e. The normalized spacial score (nSPS) is 12.2. The molecule has 0 aromatic heterocycles. The van der Waals surface area contributed by atoms with E-state index in [0.29, 0.717) is 16.9 Å². The van der Waals surface area contributed by atoms with Crippen LogP contribution >= 0.6 is 0 Å². The van der Waals surface area contributed by atoms with Gasteiger partial charge in [-0.1, -0.05) is 12.1 Å². The van der Waals surface area contributed by atoms with Crippen molar-refractivity contribution in [1.29, 1.82) is 0 Å². The molecule has 0 aliphatic heterocycles. The number of benzene rings is 3. The summed E-state index contributed by atoms with van der Waals surface area (Å²) in [6, 6.07) is 10.7. The van der Waals surface area contributed by atoms with E-state index in [2.05, 4.69) is 10.2 Å². The van der Waals surface area contributed by atoms with E-state index in [9.17, 15) is 25.9 Å². The maximum Gasteiger partial charge on any atom is 1.00 e. The third-order valence-electron chi connectivity index (χ3n) is 3.94. The van der Waals surface area contributed by atoms with Gasteiger partial charge in [0, 0.05) is 16.5 Å². The summed E-state index contributed by atoms with van der Waals surface area (Å²) in [5, 5.41) is 7.62. The monoisotopic (exact) mass is 443 g/mol. The van der Waals surface area contributed by atoms with E-state index in [1.165, 1.54) is 18.2 Å². The van der Waals surface area contributed by atoms with Crippen LogP contribution < -0.4 is 35.3 Å². The standard InChI is InChI=1S/C17H15N3O6S2.Na/c1-10-7-11(18)5-6-15(10)20-19-12-8-14-13(17(9-12)28(24,25)26)3-2-4-16(14)27(21,22)23;/h2-9H,18H2,1H3,(H,21,22,23)(H,24,25,26);/q;+1/p-1. The molecule has 0 aliphatic rings. The molecule has 0 amide bonds. The zero-order valence-corrected chi connectivity index (χ0v) is 19.0. The Morgan fingerprint density at radius 1 is 0.931 bits per heavy atom. The van der Waals surface area contributed by atoms with Gasteiger partial charge >= 0.3 is 29.6 Å². The molecule has 29 heavy (non-hydrogen) atoms. The molecule has 0 heterocycles. The quantitative estimate of drug-likeness (QED) is 0.253. The van der Waals surface area contributed by atoms with Crippen molar-refractivity contribution in [2.24, 2.45) is 10.2 Å². The molecule has 9 nitrogen and oxygen atoms in total. The minimum absolute atomic E-state index is 0. The molecule has 0 fully saturated rings. The second-order valence-electron chi connectivity index (χ2n) is 5.97. The molecular formula is C17H14N3NaO6S2. The number of fused-ring (bicyclic) bond motifs is 1. The molecule has 0 saturated carbocycles. The molecule has 0 spiro atoms. The SMILES string of the molecule is Cc1cc(N)ccc1N=Nc1cc(S(=O)(=O)O)c2cccc(S(=O)(=O)[O-])c2c1.[Na+]. The van der Waals surface area contributed by atoms with E-state index in [4.69, 9.17) is 5.73 Å². The second-order valence-corrected chi connectivity index (χ2v) is 8.71. The third-order valence-corrected chi connectivity index (χ3v) is 5.73. The van der Waals surface area contributed by atoms with Crippen LogP contribution in [0.25, 0.3) is 10.8 Å². The van der Waals surface area contributed by atoms with Crippen LogP contribution in [0.4, 0.5) is 17.1 Å². The van der Waals surface area contributed by atoms with Crippen LogP contribution in [-0.2, 0) is 20.2 Å². The predicted octanol–water partition coefficient (Wildman–Crippen LogP) is 0.301. The molecule has 146 valence electrons. The molecule has 3 aromatic rings. The molecule has 0 atom stereocenters. The van der Waals surface area contributed by atoms with Crippen molar-refractivity contribution in [1.82, 2.24) is 0 Å². The molecule has 0 saturated heterocycles. The number of nitrogens with two attached hydrogens (primary N) is 1.